The minimum atomic E-state index is -0.848. The molecule has 0 radical (unpaired) electrons. The Hall–Kier alpha value is -2.47. The molecule has 0 spiro atoms. The van der Waals surface area contributed by atoms with Crippen LogP contribution in [0.15, 0.2) is 60.7 Å². The summed E-state index contributed by atoms with van der Waals surface area (Å²) < 4.78 is 12.5. The highest BCUT2D eigenvalue weighted by Crippen LogP contribution is 2.34. The monoisotopic (exact) mass is 514 g/mol. The zero-order valence-corrected chi connectivity index (χ0v) is 22.6. The average molecular weight is 515 g/mol. The Morgan fingerprint density at radius 3 is 1.33 bits per heavy atom. The van der Waals surface area contributed by atoms with Crippen molar-refractivity contribution in [3.8, 4) is 0 Å². The average Bonchev–Trinajstić information content (AvgIpc) is 2.84. The number of benzene rings is 2. The molecule has 0 aliphatic heterocycles. The van der Waals surface area contributed by atoms with Gasteiger partial charge < -0.3 is 10.2 Å². The van der Waals surface area contributed by atoms with Gasteiger partial charge in [-0.15, -0.1) is 0 Å². The third kappa shape index (κ3) is 10.3. The third-order valence-corrected chi connectivity index (χ3v) is 8.71. The number of carboxylic acid groups (broad SMARTS) is 2. The summed E-state index contributed by atoms with van der Waals surface area (Å²) in [4.78, 5) is 22.8. The lowest BCUT2D eigenvalue weighted by atomic mass is 9.75. The lowest BCUT2D eigenvalue weighted by Crippen LogP contribution is -2.25. The van der Waals surface area contributed by atoms with E-state index in [-0.39, 0.29) is 23.7 Å². The molecule has 36 heavy (non-hydrogen) atoms. The molecule has 2 N–H and O–H groups in total. The van der Waals surface area contributed by atoms with Gasteiger partial charge in [0.1, 0.15) is 0 Å². The van der Waals surface area contributed by atoms with E-state index >= 15 is 0 Å². The van der Waals surface area contributed by atoms with E-state index in [2.05, 4.69) is 0 Å². The number of aliphatic carboxylic acids is 2. The number of unbranched alkanes of at least 4 members (excludes halogenated alkanes) is 4. The highest BCUT2D eigenvalue weighted by molar-refractivity contribution is 7.84. The van der Waals surface area contributed by atoms with Crippen LogP contribution in [0.1, 0.15) is 89.2 Å². The Morgan fingerprint density at radius 2 is 1.00 bits per heavy atom. The molecule has 5 nitrogen and oxygen atoms in total. The largest absolute Gasteiger partial charge is 0.481 e. The van der Waals surface area contributed by atoms with Crippen molar-refractivity contribution >= 4 is 22.7 Å². The van der Waals surface area contributed by atoms with E-state index in [1.807, 2.05) is 74.5 Å². The maximum absolute atomic E-state index is 12.5. The zero-order valence-electron chi connectivity index (χ0n) is 21.8. The molecule has 0 aliphatic carbocycles. The molecule has 0 bridgehead atoms. The fourth-order valence-electron chi connectivity index (χ4n) is 5.03. The van der Waals surface area contributed by atoms with Crippen LogP contribution in [0.2, 0.25) is 0 Å². The molecule has 2 aromatic carbocycles. The van der Waals surface area contributed by atoms with Gasteiger partial charge >= 0.3 is 11.9 Å². The van der Waals surface area contributed by atoms with Crippen LogP contribution in [0.25, 0.3) is 0 Å². The minimum Gasteiger partial charge on any atom is -0.481 e. The zero-order chi connectivity index (χ0) is 26.4. The summed E-state index contributed by atoms with van der Waals surface area (Å²) in [5.41, 5.74) is 1.34. The van der Waals surface area contributed by atoms with Gasteiger partial charge in [-0.25, -0.2) is 0 Å². The van der Waals surface area contributed by atoms with E-state index in [4.69, 9.17) is 0 Å². The van der Waals surface area contributed by atoms with E-state index < -0.39 is 22.7 Å². The van der Waals surface area contributed by atoms with Crippen LogP contribution < -0.4 is 0 Å². The second kappa shape index (κ2) is 14.9. The van der Waals surface area contributed by atoms with Crippen LogP contribution in [0.5, 0.6) is 0 Å². The Kier molecular flexibility index (Phi) is 12.3. The summed E-state index contributed by atoms with van der Waals surface area (Å²) in [5.74, 6) is -0.201. The van der Waals surface area contributed by atoms with Gasteiger partial charge in [0.25, 0.3) is 0 Å². The summed E-state index contributed by atoms with van der Waals surface area (Å²) in [6.45, 7) is 4.04. The van der Waals surface area contributed by atoms with Crippen molar-refractivity contribution in [2.75, 3.05) is 11.5 Å². The van der Waals surface area contributed by atoms with Crippen molar-refractivity contribution < 1.29 is 24.0 Å². The van der Waals surface area contributed by atoms with Gasteiger partial charge in [0.15, 0.2) is 0 Å². The maximum atomic E-state index is 12.5. The lowest BCUT2D eigenvalue weighted by molar-refractivity contribution is -0.139. The predicted molar refractivity (Wildman–Crippen MR) is 147 cm³/mol. The summed E-state index contributed by atoms with van der Waals surface area (Å²) in [6, 6.07) is 19.7. The van der Waals surface area contributed by atoms with Crippen LogP contribution in [-0.4, -0.2) is 37.9 Å². The Labute approximate surface area is 218 Å². The standard InChI is InChI=1S/C30H42O5S/c1-29(23-27(31)32,25-15-7-3-8-16-25)19-11-5-13-21-36(35)22-14-6-12-20-30(2,24-28(33)34)26-17-9-4-10-18-26/h3-4,7-10,15-18H,5-6,11-14,19-24H2,1-2H3,(H,31,32)(H,33,34). The second-order valence-corrected chi connectivity index (χ2v) is 12.2. The van der Waals surface area contributed by atoms with E-state index in [0.717, 1.165) is 62.5 Å². The molecule has 0 aromatic heterocycles. The first kappa shape index (κ1) is 29.8. The van der Waals surface area contributed by atoms with Crippen molar-refractivity contribution in [1.82, 2.24) is 0 Å². The predicted octanol–water partition coefficient (Wildman–Crippen LogP) is 6.72. The van der Waals surface area contributed by atoms with Crippen LogP contribution in [0.3, 0.4) is 0 Å². The van der Waals surface area contributed by atoms with Crippen molar-refractivity contribution in [2.45, 2.75) is 88.9 Å². The number of hydrogen-bond acceptors (Lipinski definition) is 3. The van der Waals surface area contributed by atoms with Gasteiger partial charge in [-0.3, -0.25) is 13.8 Å². The molecule has 2 aromatic rings. The molecule has 2 rings (SSSR count). The van der Waals surface area contributed by atoms with Crippen LogP contribution in [-0.2, 0) is 31.2 Å². The van der Waals surface area contributed by atoms with Gasteiger partial charge in [-0.2, -0.15) is 0 Å². The smallest absolute Gasteiger partial charge is 0.304 e. The van der Waals surface area contributed by atoms with E-state index in [1.165, 1.54) is 0 Å². The summed E-state index contributed by atoms with van der Waals surface area (Å²) in [5, 5.41) is 18.8. The maximum Gasteiger partial charge on any atom is 0.304 e. The second-order valence-electron chi connectivity index (χ2n) is 10.5. The van der Waals surface area contributed by atoms with E-state index in [0.29, 0.717) is 11.5 Å². The van der Waals surface area contributed by atoms with Gasteiger partial charge in [0, 0.05) is 33.1 Å². The number of hydrogen-bond donors (Lipinski definition) is 2. The van der Waals surface area contributed by atoms with Crippen LogP contribution in [0, 0.1) is 0 Å². The fourth-order valence-corrected chi connectivity index (χ4v) is 6.29. The van der Waals surface area contributed by atoms with E-state index in [9.17, 15) is 24.0 Å². The normalized spacial score (nSPS) is 15.5. The first-order chi connectivity index (χ1) is 17.1. The van der Waals surface area contributed by atoms with Crippen molar-refractivity contribution in [1.29, 1.82) is 0 Å². The third-order valence-electron chi connectivity index (χ3n) is 7.23. The first-order valence-electron chi connectivity index (χ1n) is 13.0. The Bertz CT molecular complexity index is 884. The molecule has 0 fully saturated rings. The summed E-state index contributed by atoms with van der Waals surface area (Å²) in [6.07, 6.45) is 7.30. The first-order valence-corrected chi connectivity index (χ1v) is 14.5. The minimum absolute atomic E-state index is 0.110. The number of carboxylic acids is 2. The van der Waals surface area contributed by atoms with Crippen LogP contribution >= 0.6 is 0 Å². The fraction of sp³-hybridized carbons (Fsp3) is 0.533. The Balaban J connectivity index is 1.67. The highest BCUT2D eigenvalue weighted by Gasteiger charge is 2.30. The highest BCUT2D eigenvalue weighted by atomic mass is 32.2. The quantitative estimate of drug-likeness (QED) is 0.215. The molecular weight excluding hydrogens is 472 g/mol. The van der Waals surface area contributed by atoms with Crippen molar-refractivity contribution in [3.63, 3.8) is 0 Å². The molecule has 0 heterocycles. The molecule has 2 atom stereocenters. The van der Waals surface area contributed by atoms with Gasteiger partial charge in [0.05, 0.1) is 12.8 Å². The van der Waals surface area contributed by atoms with E-state index in [1.54, 1.807) is 0 Å². The summed E-state index contributed by atoms with van der Waals surface area (Å²) in [7, 11) is -0.848. The molecule has 6 heteroatoms. The van der Waals surface area contributed by atoms with Crippen molar-refractivity contribution in [3.05, 3.63) is 71.8 Å². The van der Waals surface area contributed by atoms with Gasteiger partial charge in [-0.1, -0.05) is 100 Å². The molecule has 0 saturated heterocycles. The molecular formula is C30H42O5S. The molecule has 198 valence electrons. The number of carbonyl (C=O) groups is 2. The molecule has 2 unspecified atom stereocenters. The molecule has 0 aliphatic rings. The van der Waals surface area contributed by atoms with Gasteiger partial charge in [0.2, 0.25) is 0 Å². The topological polar surface area (TPSA) is 91.7 Å². The summed E-state index contributed by atoms with van der Waals surface area (Å²) >= 11 is 0. The Morgan fingerprint density at radius 1 is 0.639 bits per heavy atom. The van der Waals surface area contributed by atoms with Crippen LogP contribution in [0.4, 0.5) is 0 Å². The van der Waals surface area contributed by atoms with Crippen molar-refractivity contribution in [2.24, 2.45) is 0 Å². The van der Waals surface area contributed by atoms with Gasteiger partial charge in [-0.05, 0) is 36.8 Å². The SMILES string of the molecule is CC(CCCCCS(=O)CCCCCC(C)(CC(=O)O)c1ccccc1)(CC(=O)O)c1ccccc1. The number of rotatable bonds is 18. The molecule has 0 amide bonds. The molecule has 0 saturated carbocycles. The lowest BCUT2D eigenvalue weighted by Gasteiger charge is -2.28.